The van der Waals surface area contributed by atoms with E-state index in [0.717, 1.165) is 0 Å². The molecule has 0 aliphatic rings. The highest BCUT2D eigenvalue weighted by Gasteiger charge is 2.17. The molecule has 2 rings (SSSR count). The number of carbonyl (C=O) groups excluding carboxylic acids is 1. The van der Waals surface area contributed by atoms with Gasteiger partial charge in [-0.25, -0.2) is 4.79 Å². The van der Waals surface area contributed by atoms with Crippen LogP contribution in [0, 0.1) is 10.1 Å². The molecule has 2 aromatic rings. The van der Waals surface area contributed by atoms with Gasteiger partial charge in [-0.05, 0) is 38.5 Å². The van der Waals surface area contributed by atoms with Gasteiger partial charge in [-0.15, -0.1) is 0 Å². The molecule has 1 N–H and O–H groups in total. The third kappa shape index (κ3) is 4.66. The number of rotatable bonds is 5. The number of aromatic nitrogens is 2. The largest absolute Gasteiger partial charge is 0.466 e. The summed E-state index contributed by atoms with van der Waals surface area (Å²) in [6, 6.07) is 4.64. The summed E-state index contributed by atoms with van der Waals surface area (Å²) in [6.07, 6.45) is 6.06. The molecule has 0 fully saturated rings. The Balaban J connectivity index is 2.29. The second-order valence-corrected chi connectivity index (χ2v) is 6.36. The molecule has 0 saturated carbocycles. The van der Waals surface area contributed by atoms with Crippen molar-refractivity contribution in [1.29, 1.82) is 0 Å². The first-order valence-electron chi connectivity index (χ1n) is 7.57. The van der Waals surface area contributed by atoms with Crippen LogP contribution in [0.3, 0.4) is 0 Å². The van der Waals surface area contributed by atoms with E-state index in [1.165, 1.54) is 25.3 Å². The number of hydrogen-bond acceptors (Lipinski definition) is 6. The molecule has 1 aromatic heterocycles. The van der Waals surface area contributed by atoms with Crippen molar-refractivity contribution in [3.63, 3.8) is 0 Å². The maximum atomic E-state index is 11.4. The Morgan fingerprint density at radius 3 is 2.68 bits per heavy atom. The Hall–Kier alpha value is -3.16. The number of hydrogen-bond donors (Lipinski definition) is 1. The predicted octanol–water partition coefficient (Wildman–Crippen LogP) is 3.48. The van der Waals surface area contributed by atoms with Crippen LogP contribution in [0.2, 0.25) is 0 Å². The van der Waals surface area contributed by atoms with Gasteiger partial charge in [-0.2, -0.15) is 5.10 Å². The number of methoxy groups -OCH3 is 1. The van der Waals surface area contributed by atoms with Crippen LogP contribution in [0.25, 0.3) is 6.08 Å². The fourth-order valence-electron chi connectivity index (χ4n) is 2.05. The van der Waals surface area contributed by atoms with Crippen LogP contribution in [0.4, 0.5) is 17.1 Å². The third-order valence-corrected chi connectivity index (χ3v) is 3.38. The van der Waals surface area contributed by atoms with Gasteiger partial charge in [-0.3, -0.25) is 14.8 Å². The molecule has 8 heteroatoms. The first-order valence-corrected chi connectivity index (χ1v) is 7.57. The van der Waals surface area contributed by atoms with Gasteiger partial charge in [0.2, 0.25) is 0 Å². The molecule has 25 heavy (non-hydrogen) atoms. The highest BCUT2D eigenvalue weighted by atomic mass is 16.6. The van der Waals surface area contributed by atoms with E-state index in [1.807, 2.05) is 20.8 Å². The monoisotopic (exact) mass is 344 g/mol. The molecule has 132 valence electrons. The lowest BCUT2D eigenvalue weighted by Crippen LogP contribution is -2.21. The van der Waals surface area contributed by atoms with Gasteiger partial charge >= 0.3 is 5.97 Å². The number of nitro benzene ring substituents is 1. The molecule has 0 radical (unpaired) electrons. The van der Waals surface area contributed by atoms with Crippen molar-refractivity contribution in [2.24, 2.45) is 0 Å². The van der Waals surface area contributed by atoms with E-state index in [4.69, 9.17) is 0 Å². The fourth-order valence-corrected chi connectivity index (χ4v) is 2.05. The van der Waals surface area contributed by atoms with Crippen molar-refractivity contribution >= 4 is 29.1 Å². The Morgan fingerprint density at radius 2 is 2.12 bits per heavy atom. The Bertz CT molecular complexity index is 818. The van der Waals surface area contributed by atoms with Crippen molar-refractivity contribution < 1.29 is 14.5 Å². The molecular formula is C17H20N4O4. The normalized spacial score (nSPS) is 11.5. The molecule has 0 saturated heterocycles. The molecule has 0 bridgehead atoms. The van der Waals surface area contributed by atoms with Gasteiger partial charge in [0, 0.05) is 18.3 Å². The minimum atomic E-state index is -0.528. The van der Waals surface area contributed by atoms with Crippen LogP contribution in [0.5, 0.6) is 0 Å². The van der Waals surface area contributed by atoms with Crippen molar-refractivity contribution in [3.8, 4) is 0 Å². The maximum Gasteiger partial charge on any atom is 0.330 e. The molecule has 1 aromatic carbocycles. The van der Waals surface area contributed by atoms with Crippen LogP contribution in [0.1, 0.15) is 26.3 Å². The minimum absolute atomic E-state index is 0.101. The first kappa shape index (κ1) is 18.2. The number of nitrogens with one attached hydrogen (secondary N) is 1. The Kier molecular flexibility index (Phi) is 5.21. The number of esters is 1. The SMILES string of the molecule is COC(=O)/C=C/c1ccc(Nc2cnn(C(C)(C)C)c2)c([N+](=O)[O-])c1. The third-order valence-electron chi connectivity index (χ3n) is 3.38. The van der Waals surface area contributed by atoms with Gasteiger partial charge < -0.3 is 10.1 Å². The molecule has 0 unspecified atom stereocenters. The summed E-state index contributed by atoms with van der Waals surface area (Å²) >= 11 is 0. The van der Waals surface area contributed by atoms with Crippen molar-refractivity contribution in [2.45, 2.75) is 26.3 Å². The molecule has 8 nitrogen and oxygen atoms in total. The second kappa shape index (κ2) is 7.16. The lowest BCUT2D eigenvalue weighted by molar-refractivity contribution is -0.383. The van der Waals surface area contributed by atoms with E-state index in [9.17, 15) is 14.9 Å². The number of benzene rings is 1. The van der Waals surface area contributed by atoms with Crippen molar-refractivity contribution in [1.82, 2.24) is 9.78 Å². The Labute approximate surface area is 145 Å². The van der Waals surface area contributed by atoms with Gasteiger partial charge in [0.05, 0.1) is 29.5 Å². The molecule has 0 aliphatic heterocycles. The van der Waals surface area contributed by atoms with Crippen LogP contribution in [0.15, 0.2) is 36.7 Å². The van der Waals surface area contributed by atoms with Gasteiger partial charge in [0.15, 0.2) is 0 Å². The number of nitro groups is 1. The van der Waals surface area contributed by atoms with Gasteiger partial charge in [-0.1, -0.05) is 6.07 Å². The van der Waals surface area contributed by atoms with Crippen LogP contribution >= 0.6 is 0 Å². The number of ether oxygens (including phenoxy) is 1. The number of carbonyl (C=O) groups is 1. The minimum Gasteiger partial charge on any atom is -0.466 e. The average molecular weight is 344 g/mol. The standard InChI is InChI=1S/C17H20N4O4/c1-17(2,3)20-11-13(10-18-20)19-14-7-5-12(6-8-16(22)25-4)9-15(14)21(23)24/h5-11,19H,1-4H3/b8-6+. The molecule has 1 heterocycles. The predicted molar refractivity (Wildman–Crippen MR) is 94.7 cm³/mol. The first-order chi connectivity index (χ1) is 11.7. The average Bonchev–Trinajstić information content (AvgIpc) is 3.02. The van der Waals surface area contributed by atoms with E-state index in [0.29, 0.717) is 16.9 Å². The molecule has 0 atom stereocenters. The maximum absolute atomic E-state index is 11.4. The molecule has 0 amide bonds. The number of anilines is 2. The summed E-state index contributed by atoms with van der Waals surface area (Å²) in [4.78, 5) is 22.0. The van der Waals surface area contributed by atoms with Crippen LogP contribution in [-0.4, -0.2) is 27.8 Å². The lowest BCUT2D eigenvalue weighted by Gasteiger charge is -2.18. The summed E-state index contributed by atoms with van der Waals surface area (Å²) in [5.74, 6) is -0.528. The van der Waals surface area contributed by atoms with Crippen molar-refractivity contribution in [3.05, 3.63) is 52.3 Å². The van der Waals surface area contributed by atoms with E-state index < -0.39 is 10.9 Å². The second-order valence-electron chi connectivity index (χ2n) is 6.36. The molecule has 0 spiro atoms. The summed E-state index contributed by atoms with van der Waals surface area (Å²) in [5, 5.41) is 18.6. The zero-order chi connectivity index (χ0) is 18.6. The molecular weight excluding hydrogens is 324 g/mol. The smallest absolute Gasteiger partial charge is 0.330 e. The van der Waals surface area contributed by atoms with E-state index >= 15 is 0 Å². The van der Waals surface area contributed by atoms with Gasteiger partial charge in [0.25, 0.3) is 5.69 Å². The topological polar surface area (TPSA) is 99.3 Å². The highest BCUT2D eigenvalue weighted by molar-refractivity contribution is 5.87. The highest BCUT2D eigenvalue weighted by Crippen LogP contribution is 2.29. The molecule has 0 aliphatic carbocycles. The summed E-state index contributed by atoms with van der Waals surface area (Å²) in [5.41, 5.74) is 1.22. The summed E-state index contributed by atoms with van der Waals surface area (Å²) in [7, 11) is 1.26. The van der Waals surface area contributed by atoms with Crippen LogP contribution in [-0.2, 0) is 15.1 Å². The van der Waals surface area contributed by atoms with E-state index in [1.54, 1.807) is 29.2 Å². The quantitative estimate of drug-likeness (QED) is 0.386. The lowest BCUT2D eigenvalue weighted by atomic mass is 10.1. The fraction of sp³-hybridized carbons (Fsp3) is 0.294. The van der Waals surface area contributed by atoms with Crippen molar-refractivity contribution in [2.75, 3.05) is 12.4 Å². The van der Waals surface area contributed by atoms with Gasteiger partial charge in [0.1, 0.15) is 5.69 Å². The van der Waals surface area contributed by atoms with E-state index in [2.05, 4.69) is 15.2 Å². The number of nitrogens with zero attached hydrogens (tertiary/aromatic N) is 3. The summed E-state index contributed by atoms with van der Waals surface area (Å²) < 4.78 is 6.27. The van der Waals surface area contributed by atoms with E-state index in [-0.39, 0.29) is 11.2 Å². The summed E-state index contributed by atoms with van der Waals surface area (Å²) in [6.45, 7) is 6.03. The zero-order valence-corrected chi connectivity index (χ0v) is 14.5. The zero-order valence-electron chi connectivity index (χ0n) is 14.5. The Morgan fingerprint density at radius 1 is 1.40 bits per heavy atom. The van der Waals surface area contributed by atoms with Crippen LogP contribution < -0.4 is 5.32 Å².